The van der Waals surface area contributed by atoms with E-state index in [0.717, 1.165) is 33.1 Å². The molecule has 5 nitrogen and oxygen atoms in total. The Bertz CT molecular complexity index is 1240. The van der Waals surface area contributed by atoms with Crippen LogP contribution in [0.4, 0.5) is 11.4 Å². The fourth-order valence-corrected chi connectivity index (χ4v) is 4.29. The van der Waals surface area contributed by atoms with Crippen molar-refractivity contribution >= 4 is 34.5 Å². The summed E-state index contributed by atoms with van der Waals surface area (Å²) in [5.74, 6) is -0.219. The van der Waals surface area contributed by atoms with Crippen LogP contribution in [0.3, 0.4) is 0 Å². The Labute approximate surface area is 191 Å². The maximum atomic E-state index is 12.4. The number of carbonyl (C=O) groups excluding carboxylic acids is 2. The van der Waals surface area contributed by atoms with Gasteiger partial charge in [-0.25, -0.2) is 4.98 Å². The minimum Gasteiger partial charge on any atom is -0.326 e. The van der Waals surface area contributed by atoms with Crippen molar-refractivity contribution in [3.05, 3.63) is 89.3 Å². The van der Waals surface area contributed by atoms with E-state index in [4.69, 9.17) is 4.98 Å². The van der Waals surface area contributed by atoms with Gasteiger partial charge in [0.2, 0.25) is 11.8 Å². The topological polar surface area (TPSA) is 71.1 Å². The lowest BCUT2D eigenvalue weighted by Gasteiger charge is -2.07. The van der Waals surface area contributed by atoms with Gasteiger partial charge in [-0.05, 0) is 42.3 Å². The summed E-state index contributed by atoms with van der Waals surface area (Å²) in [6.07, 6.45) is 0.258. The average Bonchev–Trinajstić information content (AvgIpc) is 3.25. The second kappa shape index (κ2) is 9.58. The molecule has 2 N–H and O–H groups in total. The molecule has 0 bridgehead atoms. The summed E-state index contributed by atoms with van der Waals surface area (Å²) in [5.41, 5.74) is 6.61. The molecule has 4 aromatic rings. The fraction of sp³-hybridized carbons (Fsp3) is 0.115. The second-order valence-corrected chi connectivity index (χ2v) is 8.39. The number of carbonyl (C=O) groups is 2. The lowest BCUT2D eigenvalue weighted by molar-refractivity contribution is -0.116. The number of aromatic nitrogens is 1. The van der Waals surface area contributed by atoms with Crippen LogP contribution in [0, 0.1) is 6.92 Å². The third-order valence-corrected chi connectivity index (χ3v) is 5.86. The number of amides is 2. The van der Waals surface area contributed by atoms with E-state index in [1.165, 1.54) is 12.5 Å². The lowest BCUT2D eigenvalue weighted by Crippen LogP contribution is -2.14. The molecule has 4 rings (SSSR count). The molecule has 0 radical (unpaired) electrons. The molecule has 32 heavy (non-hydrogen) atoms. The maximum Gasteiger partial charge on any atom is 0.228 e. The number of nitrogens with one attached hydrogen (secondary N) is 2. The number of anilines is 2. The van der Waals surface area contributed by atoms with E-state index >= 15 is 0 Å². The van der Waals surface area contributed by atoms with Crippen molar-refractivity contribution in [2.24, 2.45) is 0 Å². The van der Waals surface area contributed by atoms with E-state index in [-0.39, 0.29) is 18.2 Å². The smallest absolute Gasteiger partial charge is 0.228 e. The van der Waals surface area contributed by atoms with Crippen molar-refractivity contribution < 1.29 is 9.59 Å². The normalized spacial score (nSPS) is 10.6. The molecule has 0 saturated heterocycles. The van der Waals surface area contributed by atoms with Crippen LogP contribution in [0.2, 0.25) is 0 Å². The quantitative estimate of drug-likeness (QED) is 0.390. The Morgan fingerprint density at radius 2 is 1.53 bits per heavy atom. The molecule has 0 spiro atoms. The van der Waals surface area contributed by atoms with Gasteiger partial charge in [0.1, 0.15) is 5.01 Å². The van der Waals surface area contributed by atoms with Gasteiger partial charge in [0.25, 0.3) is 0 Å². The molecule has 1 heterocycles. The highest BCUT2D eigenvalue weighted by Crippen LogP contribution is 2.31. The highest BCUT2D eigenvalue weighted by Gasteiger charge is 2.09. The van der Waals surface area contributed by atoms with Gasteiger partial charge >= 0.3 is 0 Å². The monoisotopic (exact) mass is 441 g/mol. The first-order chi connectivity index (χ1) is 15.5. The Balaban J connectivity index is 1.38. The number of hydrogen-bond donors (Lipinski definition) is 2. The zero-order chi connectivity index (χ0) is 22.5. The number of benzene rings is 3. The third-order valence-electron chi connectivity index (χ3n) is 4.98. The Hall–Kier alpha value is -3.77. The Morgan fingerprint density at radius 1 is 0.875 bits per heavy atom. The van der Waals surface area contributed by atoms with Crippen molar-refractivity contribution in [2.45, 2.75) is 20.3 Å². The van der Waals surface area contributed by atoms with E-state index < -0.39 is 0 Å². The first-order valence-corrected chi connectivity index (χ1v) is 11.1. The van der Waals surface area contributed by atoms with Gasteiger partial charge in [0.05, 0.1) is 12.1 Å². The van der Waals surface area contributed by atoms with Crippen molar-refractivity contribution in [3.63, 3.8) is 0 Å². The van der Waals surface area contributed by atoms with E-state index in [0.29, 0.717) is 5.69 Å². The van der Waals surface area contributed by atoms with Crippen LogP contribution in [0.5, 0.6) is 0 Å². The third kappa shape index (κ3) is 5.28. The standard InChI is InChI=1S/C26H23N3O2S/c1-17-5-3-4-6-23(17)26-29-24(16-32-26)20-9-13-22(14-10-20)28-25(31)15-19-7-11-21(12-8-19)27-18(2)30/h3-14,16H,15H2,1-2H3,(H,27,30)(H,28,31). The molecular formula is C26H23N3O2S. The van der Waals surface area contributed by atoms with Crippen LogP contribution in [0.25, 0.3) is 21.8 Å². The second-order valence-electron chi connectivity index (χ2n) is 7.53. The summed E-state index contributed by atoms with van der Waals surface area (Å²) in [7, 11) is 0. The highest BCUT2D eigenvalue weighted by atomic mass is 32.1. The molecule has 0 atom stereocenters. The summed E-state index contributed by atoms with van der Waals surface area (Å²) >= 11 is 1.63. The SMILES string of the molecule is CC(=O)Nc1ccc(CC(=O)Nc2ccc(-c3csc(-c4ccccc4C)n3)cc2)cc1. The van der Waals surface area contributed by atoms with Gasteiger partial charge in [-0.3, -0.25) is 9.59 Å². The molecule has 0 aliphatic heterocycles. The van der Waals surface area contributed by atoms with Crippen molar-refractivity contribution in [3.8, 4) is 21.8 Å². The van der Waals surface area contributed by atoms with Crippen molar-refractivity contribution in [1.82, 2.24) is 4.98 Å². The van der Waals surface area contributed by atoms with E-state index in [9.17, 15) is 9.59 Å². The number of nitrogens with zero attached hydrogens (tertiary/aromatic N) is 1. The molecule has 2 amide bonds. The summed E-state index contributed by atoms with van der Waals surface area (Å²) in [5, 5.41) is 8.70. The molecule has 0 fully saturated rings. The lowest BCUT2D eigenvalue weighted by atomic mass is 10.1. The summed E-state index contributed by atoms with van der Waals surface area (Å²) < 4.78 is 0. The number of aryl methyl sites for hydroxylation is 1. The molecule has 0 unspecified atom stereocenters. The molecule has 0 saturated carbocycles. The summed E-state index contributed by atoms with van der Waals surface area (Å²) in [6.45, 7) is 3.55. The zero-order valence-electron chi connectivity index (χ0n) is 17.9. The first-order valence-electron chi connectivity index (χ1n) is 10.3. The van der Waals surface area contributed by atoms with Crippen molar-refractivity contribution in [2.75, 3.05) is 10.6 Å². The number of rotatable bonds is 6. The van der Waals surface area contributed by atoms with Gasteiger partial charge in [0.15, 0.2) is 0 Å². The maximum absolute atomic E-state index is 12.4. The van der Waals surface area contributed by atoms with Gasteiger partial charge in [-0.15, -0.1) is 11.3 Å². The first kappa shape index (κ1) is 21.5. The molecule has 6 heteroatoms. The van der Waals surface area contributed by atoms with Gasteiger partial charge in [-0.2, -0.15) is 0 Å². The summed E-state index contributed by atoms with van der Waals surface area (Å²) in [6, 6.07) is 23.2. The zero-order valence-corrected chi connectivity index (χ0v) is 18.7. The van der Waals surface area contributed by atoms with Crippen LogP contribution in [0.1, 0.15) is 18.1 Å². The molecule has 0 aliphatic carbocycles. The van der Waals surface area contributed by atoms with Gasteiger partial charge in [-0.1, -0.05) is 48.5 Å². The largest absolute Gasteiger partial charge is 0.326 e. The van der Waals surface area contributed by atoms with E-state index in [1.807, 2.05) is 48.5 Å². The van der Waals surface area contributed by atoms with E-state index in [1.54, 1.807) is 23.5 Å². The molecule has 1 aromatic heterocycles. The highest BCUT2D eigenvalue weighted by molar-refractivity contribution is 7.13. The Kier molecular flexibility index (Phi) is 6.42. The van der Waals surface area contributed by atoms with Gasteiger partial charge < -0.3 is 10.6 Å². The van der Waals surface area contributed by atoms with Crippen LogP contribution < -0.4 is 10.6 Å². The van der Waals surface area contributed by atoms with E-state index in [2.05, 4.69) is 35.1 Å². The van der Waals surface area contributed by atoms with Crippen LogP contribution in [0.15, 0.2) is 78.2 Å². The predicted molar refractivity (Wildman–Crippen MR) is 131 cm³/mol. The summed E-state index contributed by atoms with van der Waals surface area (Å²) in [4.78, 5) is 28.3. The molecular weight excluding hydrogens is 418 g/mol. The predicted octanol–water partition coefficient (Wildman–Crippen LogP) is 5.93. The van der Waals surface area contributed by atoms with Gasteiger partial charge in [0, 0.05) is 34.8 Å². The van der Waals surface area contributed by atoms with Crippen LogP contribution >= 0.6 is 11.3 Å². The molecule has 3 aromatic carbocycles. The minimum atomic E-state index is -0.122. The van der Waals surface area contributed by atoms with Crippen LogP contribution in [-0.2, 0) is 16.0 Å². The Morgan fingerprint density at radius 3 is 2.22 bits per heavy atom. The minimum absolute atomic E-state index is 0.0967. The number of hydrogen-bond acceptors (Lipinski definition) is 4. The van der Waals surface area contributed by atoms with Crippen molar-refractivity contribution in [1.29, 1.82) is 0 Å². The number of thiazole rings is 1. The fourth-order valence-electron chi connectivity index (χ4n) is 3.37. The molecule has 160 valence electrons. The average molecular weight is 442 g/mol. The van der Waals surface area contributed by atoms with Crippen LogP contribution in [-0.4, -0.2) is 16.8 Å². The molecule has 0 aliphatic rings.